The van der Waals surface area contributed by atoms with Gasteiger partial charge in [-0.3, -0.25) is 0 Å². The Hall–Kier alpha value is -0.700. The van der Waals surface area contributed by atoms with E-state index in [4.69, 9.17) is 18.0 Å². The number of halogens is 1. The monoisotopic (exact) mass is 348 g/mol. The number of rotatable bonds is 6. The Balaban J connectivity index is 2.20. The summed E-state index contributed by atoms with van der Waals surface area (Å²) in [6.07, 6.45) is 5.09. The Labute approximate surface area is 133 Å². The van der Waals surface area contributed by atoms with Gasteiger partial charge >= 0.3 is 0 Å². The van der Waals surface area contributed by atoms with Crippen molar-refractivity contribution in [2.75, 3.05) is 12.8 Å². The Kier molecular flexibility index (Phi) is 4.92. The summed E-state index contributed by atoms with van der Waals surface area (Å²) in [5.41, 5.74) is 5.34. The van der Waals surface area contributed by atoms with Crippen molar-refractivity contribution in [3.05, 3.63) is 29.6 Å². The lowest BCUT2D eigenvalue weighted by molar-refractivity contribution is 0.362. The molecular weight excluding hydrogens is 331 g/mol. The molecule has 0 aromatic heterocycles. The van der Waals surface area contributed by atoms with Crippen LogP contribution in [0.25, 0.3) is 0 Å². The number of hydrogen-bond acceptors (Lipinski definition) is 4. The van der Waals surface area contributed by atoms with Gasteiger partial charge in [-0.1, -0.05) is 18.6 Å². The van der Waals surface area contributed by atoms with E-state index >= 15 is 0 Å². The van der Waals surface area contributed by atoms with Crippen LogP contribution in [0.4, 0.5) is 4.39 Å². The molecule has 0 unspecified atom stereocenters. The minimum absolute atomic E-state index is 0.0148. The summed E-state index contributed by atoms with van der Waals surface area (Å²) in [6.45, 7) is 0.371. The standard InChI is InChI=1S/C13H17FN2O2S3/c1-20-13(5-2-6-13)8-16-21(17,18)9-3-4-11(14)10(7-9)12(15)19/h3-4,7,16H,2,5-6,8H2,1H3,(H2,15,19). The van der Waals surface area contributed by atoms with Crippen LogP contribution < -0.4 is 10.5 Å². The summed E-state index contributed by atoms with van der Waals surface area (Å²) in [4.78, 5) is -0.189. The minimum Gasteiger partial charge on any atom is -0.389 e. The summed E-state index contributed by atoms with van der Waals surface area (Å²) in [7, 11) is -3.70. The minimum atomic E-state index is -3.70. The predicted molar refractivity (Wildman–Crippen MR) is 87.6 cm³/mol. The highest BCUT2D eigenvalue weighted by molar-refractivity contribution is 8.00. The molecule has 0 atom stereocenters. The molecule has 116 valence electrons. The molecule has 1 aromatic rings. The van der Waals surface area contributed by atoms with E-state index in [1.165, 1.54) is 12.1 Å². The fourth-order valence-corrected chi connectivity index (χ4v) is 4.51. The van der Waals surface area contributed by atoms with Gasteiger partial charge in [0.1, 0.15) is 10.8 Å². The zero-order chi connectivity index (χ0) is 15.7. The molecule has 1 aliphatic carbocycles. The second kappa shape index (κ2) is 6.20. The first-order valence-electron chi connectivity index (χ1n) is 6.44. The lowest BCUT2D eigenvalue weighted by Crippen LogP contribution is -2.45. The Morgan fingerprint density at radius 1 is 1.52 bits per heavy atom. The van der Waals surface area contributed by atoms with Crippen LogP contribution in [0.15, 0.2) is 23.1 Å². The molecule has 0 amide bonds. The van der Waals surface area contributed by atoms with Gasteiger partial charge in [0.25, 0.3) is 0 Å². The van der Waals surface area contributed by atoms with Crippen molar-refractivity contribution >= 4 is 39.0 Å². The third-order valence-electron chi connectivity index (χ3n) is 3.80. The molecule has 1 saturated carbocycles. The number of hydrogen-bond donors (Lipinski definition) is 2. The maximum absolute atomic E-state index is 13.5. The molecule has 1 fully saturated rings. The summed E-state index contributed by atoms with van der Waals surface area (Å²) in [5.74, 6) is -0.624. The number of sulfonamides is 1. The molecule has 0 radical (unpaired) electrons. The smallest absolute Gasteiger partial charge is 0.240 e. The SMILES string of the molecule is CSC1(CNS(=O)(=O)c2ccc(F)c(C(N)=S)c2)CCC1. The molecule has 8 heteroatoms. The van der Waals surface area contributed by atoms with Gasteiger partial charge in [0.05, 0.1) is 4.90 Å². The molecule has 0 aliphatic heterocycles. The van der Waals surface area contributed by atoms with Crippen LogP contribution in [0, 0.1) is 5.82 Å². The fraction of sp³-hybridized carbons (Fsp3) is 0.462. The Bertz CT molecular complexity index is 652. The van der Waals surface area contributed by atoms with Crippen molar-refractivity contribution in [2.45, 2.75) is 28.9 Å². The third kappa shape index (κ3) is 3.56. The number of nitrogens with one attached hydrogen (secondary N) is 1. The van der Waals surface area contributed by atoms with Crippen molar-refractivity contribution in [1.82, 2.24) is 4.72 Å². The van der Waals surface area contributed by atoms with Gasteiger partial charge in [-0.05, 0) is 37.3 Å². The lowest BCUT2D eigenvalue weighted by atomic mass is 9.84. The van der Waals surface area contributed by atoms with Crippen LogP contribution in [-0.4, -0.2) is 31.0 Å². The van der Waals surface area contributed by atoms with Crippen LogP contribution >= 0.6 is 24.0 Å². The molecule has 3 N–H and O–H groups in total. The highest BCUT2D eigenvalue weighted by Gasteiger charge is 2.37. The molecule has 2 rings (SSSR count). The van der Waals surface area contributed by atoms with Gasteiger partial charge in [-0.25, -0.2) is 17.5 Å². The lowest BCUT2D eigenvalue weighted by Gasteiger charge is -2.40. The molecule has 0 spiro atoms. The van der Waals surface area contributed by atoms with Crippen molar-refractivity contribution in [2.24, 2.45) is 5.73 Å². The maximum atomic E-state index is 13.5. The summed E-state index contributed by atoms with van der Waals surface area (Å²) >= 11 is 6.40. The quantitative estimate of drug-likeness (QED) is 0.770. The number of thiocarbonyl (C=S) groups is 1. The summed E-state index contributed by atoms with van der Waals surface area (Å²) in [5, 5.41) is 0. The summed E-state index contributed by atoms with van der Waals surface area (Å²) < 4.78 is 40.7. The topological polar surface area (TPSA) is 72.2 Å². The van der Waals surface area contributed by atoms with Gasteiger partial charge in [0.2, 0.25) is 10.0 Å². The van der Waals surface area contributed by atoms with E-state index < -0.39 is 15.8 Å². The first-order valence-corrected chi connectivity index (χ1v) is 9.55. The van der Waals surface area contributed by atoms with Gasteiger partial charge < -0.3 is 5.73 Å². The zero-order valence-electron chi connectivity index (χ0n) is 11.6. The average molecular weight is 348 g/mol. The average Bonchev–Trinajstić information content (AvgIpc) is 2.37. The molecule has 1 aromatic carbocycles. The predicted octanol–water partition coefficient (Wildman–Crippen LogP) is 2.02. The van der Waals surface area contributed by atoms with Crippen molar-refractivity contribution in [3.8, 4) is 0 Å². The molecular formula is C13H17FN2O2S3. The highest BCUT2D eigenvalue weighted by atomic mass is 32.2. The van der Waals surface area contributed by atoms with E-state index in [0.29, 0.717) is 6.54 Å². The van der Waals surface area contributed by atoms with E-state index in [0.717, 1.165) is 25.3 Å². The van der Waals surface area contributed by atoms with Crippen molar-refractivity contribution in [3.63, 3.8) is 0 Å². The molecule has 0 bridgehead atoms. The van der Waals surface area contributed by atoms with Gasteiger partial charge in [0, 0.05) is 16.9 Å². The highest BCUT2D eigenvalue weighted by Crippen LogP contribution is 2.42. The van der Waals surface area contributed by atoms with Crippen LogP contribution in [-0.2, 0) is 10.0 Å². The second-order valence-electron chi connectivity index (χ2n) is 5.07. The van der Waals surface area contributed by atoms with Gasteiger partial charge in [-0.15, -0.1) is 0 Å². The second-order valence-corrected chi connectivity index (χ2v) is 8.55. The molecule has 0 heterocycles. The van der Waals surface area contributed by atoms with Gasteiger partial charge in [0.15, 0.2) is 0 Å². The normalized spacial score (nSPS) is 17.2. The van der Waals surface area contributed by atoms with Crippen LogP contribution in [0.2, 0.25) is 0 Å². The van der Waals surface area contributed by atoms with E-state index in [9.17, 15) is 12.8 Å². The van der Waals surface area contributed by atoms with Crippen molar-refractivity contribution in [1.29, 1.82) is 0 Å². The van der Waals surface area contributed by atoms with Crippen LogP contribution in [0.1, 0.15) is 24.8 Å². The zero-order valence-corrected chi connectivity index (χ0v) is 14.0. The molecule has 0 saturated heterocycles. The van der Waals surface area contributed by atoms with E-state index in [1.807, 2.05) is 6.26 Å². The first kappa shape index (κ1) is 16.7. The molecule has 1 aliphatic rings. The first-order chi connectivity index (χ1) is 9.80. The summed E-state index contributed by atoms with van der Waals surface area (Å²) in [6, 6.07) is 3.45. The number of benzene rings is 1. The van der Waals surface area contributed by atoms with E-state index in [1.54, 1.807) is 11.8 Å². The van der Waals surface area contributed by atoms with Crippen LogP contribution in [0.5, 0.6) is 0 Å². The van der Waals surface area contributed by atoms with Crippen LogP contribution in [0.3, 0.4) is 0 Å². The Morgan fingerprint density at radius 3 is 2.67 bits per heavy atom. The van der Waals surface area contributed by atoms with Gasteiger partial charge in [-0.2, -0.15) is 11.8 Å². The molecule has 4 nitrogen and oxygen atoms in total. The third-order valence-corrected chi connectivity index (χ3v) is 6.83. The van der Waals surface area contributed by atoms with E-state index in [2.05, 4.69) is 4.72 Å². The largest absolute Gasteiger partial charge is 0.389 e. The fourth-order valence-electron chi connectivity index (χ4n) is 2.19. The molecule has 21 heavy (non-hydrogen) atoms. The van der Waals surface area contributed by atoms with Crippen molar-refractivity contribution < 1.29 is 12.8 Å². The van der Waals surface area contributed by atoms with E-state index in [-0.39, 0.29) is 20.2 Å². The maximum Gasteiger partial charge on any atom is 0.240 e. The number of nitrogens with two attached hydrogens (primary N) is 1. The Morgan fingerprint density at radius 2 is 2.19 bits per heavy atom. The number of thioether (sulfide) groups is 1.